The Morgan fingerprint density at radius 3 is 2.77 bits per heavy atom. The van der Waals surface area contributed by atoms with Crippen LogP contribution >= 0.6 is 11.3 Å². The lowest BCUT2D eigenvalue weighted by atomic mass is 10.0. The number of methoxy groups -OCH3 is 1. The van der Waals surface area contributed by atoms with Crippen LogP contribution in [0, 0.1) is 0 Å². The Balaban J connectivity index is 1.79. The molecule has 0 spiro atoms. The monoisotopic (exact) mass is 420 g/mol. The number of benzene rings is 1. The van der Waals surface area contributed by atoms with Crippen LogP contribution in [0.15, 0.2) is 51.8 Å². The highest BCUT2D eigenvalue weighted by atomic mass is 32.1. The Bertz CT molecular complexity index is 1330. The minimum atomic E-state index is -0.742. The average molecular weight is 420 g/mol. The number of amides is 1. The van der Waals surface area contributed by atoms with Crippen LogP contribution in [0.5, 0.6) is 5.75 Å². The van der Waals surface area contributed by atoms with Gasteiger partial charge < -0.3 is 9.15 Å². The minimum Gasteiger partial charge on any atom is -0.497 e. The Hall–Kier alpha value is -3.59. The van der Waals surface area contributed by atoms with Gasteiger partial charge in [-0.05, 0) is 30.7 Å². The molecule has 1 aromatic carbocycles. The lowest BCUT2D eigenvalue weighted by Crippen LogP contribution is -2.30. The molecule has 0 radical (unpaired) electrons. The molecule has 0 fully saturated rings. The second-order valence-electron chi connectivity index (χ2n) is 6.70. The third-order valence-electron chi connectivity index (χ3n) is 5.01. The van der Waals surface area contributed by atoms with Gasteiger partial charge in [-0.25, -0.2) is 0 Å². The van der Waals surface area contributed by atoms with E-state index < -0.39 is 11.9 Å². The summed E-state index contributed by atoms with van der Waals surface area (Å²) in [6.45, 7) is 1.96. The maximum atomic E-state index is 13.4. The predicted molar refractivity (Wildman–Crippen MR) is 111 cm³/mol. The molecule has 1 aliphatic heterocycles. The van der Waals surface area contributed by atoms with Gasteiger partial charge in [-0.2, -0.15) is 0 Å². The second kappa shape index (κ2) is 7.03. The van der Waals surface area contributed by atoms with E-state index in [-0.39, 0.29) is 16.8 Å². The lowest BCUT2D eigenvalue weighted by molar-refractivity contribution is 0.0970. The predicted octanol–water partition coefficient (Wildman–Crippen LogP) is 3.36. The number of carbonyl (C=O) groups excluding carboxylic acids is 1. The van der Waals surface area contributed by atoms with Crippen molar-refractivity contribution in [3.8, 4) is 5.75 Å². The molecular formula is C21H16N4O4S. The van der Waals surface area contributed by atoms with Crippen molar-refractivity contribution < 1.29 is 13.9 Å². The van der Waals surface area contributed by atoms with Crippen LogP contribution in [0.1, 0.15) is 39.8 Å². The topological polar surface area (TPSA) is 98.4 Å². The molecule has 1 amide bonds. The van der Waals surface area contributed by atoms with Crippen LogP contribution in [-0.4, -0.2) is 28.2 Å². The number of aromatic nitrogens is 3. The van der Waals surface area contributed by atoms with Gasteiger partial charge in [0.2, 0.25) is 10.9 Å². The van der Waals surface area contributed by atoms with Gasteiger partial charge in [-0.1, -0.05) is 24.3 Å². The zero-order valence-corrected chi connectivity index (χ0v) is 17.0. The number of anilines is 1. The van der Waals surface area contributed by atoms with Crippen molar-refractivity contribution in [1.29, 1.82) is 0 Å². The molecule has 1 unspecified atom stereocenters. The smallest absolute Gasteiger partial charge is 0.297 e. The summed E-state index contributed by atoms with van der Waals surface area (Å²) < 4.78 is 11.2. The van der Waals surface area contributed by atoms with Crippen LogP contribution in [0.3, 0.4) is 0 Å². The van der Waals surface area contributed by atoms with Crippen molar-refractivity contribution in [2.45, 2.75) is 19.4 Å². The molecule has 5 rings (SSSR count). The Kier molecular flexibility index (Phi) is 4.32. The van der Waals surface area contributed by atoms with Gasteiger partial charge in [0.15, 0.2) is 5.43 Å². The van der Waals surface area contributed by atoms with Crippen molar-refractivity contribution in [3.05, 3.63) is 74.8 Å². The lowest BCUT2D eigenvalue weighted by Gasteiger charge is -2.20. The zero-order valence-electron chi connectivity index (χ0n) is 16.2. The van der Waals surface area contributed by atoms with E-state index in [1.165, 1.54) is 23.3 Å². The van der Waals surface area contributed by atoms with Gasteiger partial charge in [0.25, 0.3) is 5.91 Å². The summed E-state index contributed by atoms with van der Waals surface area (Å²) in [6, 6.07) is 9.56. The van der Waals surface area contributed by atoms with Crippen molar-refractivity contribution in [1.82, 2.24) is 15.2 Å². The van der Waals surface area contributed by atoms with Gasteiger partial charge in [-0.15, -0.1) is 10.2 Å². The van der Waals surface area contributed by atoms with Crippen LogP contribution < -0.4 is 15.1 Å². The molecule has 0 saturated heterocycles. The van der Waals surface area contributed by atoms with Gasteiger partial charge >= 0.3 is 0 Å². The number of ether oxygens (including phenoxy) is 1. The Morgan fingerprint density at radius 2 is 2.07 bits per heavy atom. The van der Waals surface area contributed by atoms with E-state index in [1.807, 2.05) is 13.0 Å². The van der Waals surface area contributed by atoms with E-state index in [2.05, 4.69) is 15.2 Å². The van der Waals surface area contributed by atoms with Crippen LogP contribution in [0.25, 0.3) is 11.0 Å². The average Bonchev–Trinajstić information content (AvgIpc) is 3.37. The number of hydrogen-bond acceptors (Lipinski definition) is 8. The maximum Gasteiger partial charge on any atom is 0.297 e. The second-order valence-corrected chi connectivity index (χ2v) is 7.74. The van der Waals surface area contributed by atoms with E-state index in [1.54, 1.807) is 36.5 Å². The molecule has 9 heteroatoms. The van der Waals surface area contributed by atoms with Gasteiger partial charge in [0.05, 0.1) is 23.8 Å². The van der Waals surface area contributed by atoms with E-state index >= 15 is 0 Å². The van der Waals surface area contributed by atoms with E-state index in [0.29, 0.717) is 34.0 Å². The molecule has 30 heavy (non-hydrogen) atoms. The first kappa shape index (κ1) is 18.4. The van der Waals surface area contributed by atoms with E-state index in [9.17, 15) is 9.59 Å². The molecule has 150 valence electrons. The molecular weight excluding hydrogens is 404 g/mol. The SMILES string of the molecule is CCc1nnc(N2C(=O)c3oc4cc(OC)ccc4c(=O)c3C2c2ccccn2)s1. The molecule has 1 aliphatic rings. The van der Waals surface area contributed by atoms with Crippen molar-refractivity contribution >= 4 is 33.3 Å². The maximum absolute atomic E-state index is 13.4. The standard InChI is InChI=1S/C21H16N4O4S/c1-3-15-23-24-21(30-15)25-17(13-6-4-5-9-22-13)16-18(26)12-8-7-11(28-2)10-14(12)29-19(16)20(25)27/h4-10,17H,3H2,1-2H3. The number of nitrogens with zero attached hydrogens (tertiary/aromatic N) is 4. The highest BCUT2D eigenvalue weighted by molar-refractivity contribution is 7.15. The highest BCUT2D eigenvalue weighted by Gasteiger charge is 2.45. The minimum absolute atomic E-state index is 0.00958. The highest BCUT2D eigenvalue weighted by Crippen LogP contribution is 2.41. The zero-order chi connectivity index (χ0) is 20.8. The first-order chi connectivity index (χ1) is 14.6. The number of hydrogen-bond donors (Lipinski definition) is 0. The summed E-state index contributed by atoms with van der Waals surface area (Å²) in [5.41, 5.74) is 0.822. The summed E-state index contributed by atoms with van der Waals surface area (Å²) >= 11 is 1.31. The van der Waals surface area contributed by atoms with Crippen molar-refractivity contribution in [3.63, 3.8) is 0 Å². The first-order valence-corrected chi connectivity index (χ1v) is 10.2. The first-order valence-electron chi connectivity index (χ1n) is 9.34. The molecule has 4 aromatic rings. The third kappa shape index (κ3) is 2.70. The van der Waals surface area contributed by atoms with Crippen molar-refractivity contribution in [2.24, 2.45) is 0 Å². The van der Waals surface area contributed by atoms with Gasteiger partial charge in [-0.3, -0.25) is 19.5 Å². The molecule has 0 saturated carbocycles. The summed E-state index contributed by atoms with van der Waals surface area (Å²) in [6.07, 6.45) is 2.32. The molecule has 0 bridgehead atoms. The van der Waals surface area contributed by atoms with Gasteiger partial charge in [0, 0.05) is 12.3 Å². The summed E-state index contributed by atoms with van der Waals surface area (Å²) in [7, 11) is 1.53. The Labute approximate surface area is 174 Å². The number of aryl methyl sites for hydroxylation is 1. The molecule has 1 atom stereocenters. The fraction of sp³-hybridized carbons (Fsp3) is 0.190. The fourth-order valence-electron chi connectivity index (χ4n) is 3.58. The Morgan fingerprint density at radius 1 is 1.20 bits per heavy atom. The summed E-state index contributed by atoms with van der Waals surface area (Å²) in [5, 5.41) is 9.89. The molecule has 8 nitrogen and oxygen atoms in total. The van der Waals surface area contributed by atoms with E-state index in [4.69, 9.17) is 9.15 Å². The van der Waals surface area contributed by atoms with E-state index in [0.717, 1.165) is 5.01 Å². The molecule has 4 heterocycles. The molecule has 0 N–H and O–H groups in total. The number of fused-ring (bicyclic) bond motifs is 2. The summed E-state index contributed by atoms with van der Waals surface area (Å²) in [5.74, 6) is 0.0804. The molecule has 3 aromatic heterocycles. The summed E-state index contributed by atoms with van der Waals surface area (Å²) in [4.78, 5) is 32.7. The van der Waals surface area contributed by atoms with Crippen molar-refractivity contribution in [2.75, 3.05) is 12.0 Å². The number of rotatable bonds is 4. The molecule has 0 aliphatic carbocycles. The third-order valence-corrected chi connectivity index (χ3v) is 6.08. The largest absolute Gasteiger partial charge is 0.497 e. The van der Waals surface area contributed by atoms with Crippen LogP contribution in [0.4, 0.5) is 5.13 Å². The fourth-order valence-corrected chi connectivity index (χ4v) is 4.38. The van der Waals surface area contributed by atoms with Crippen LogP contribution in [0.2, 0.25) is 0 Å². The quantitative estimate of drug-likeness (QED) is 0.499. The van der Waals surface area contributed by atoms with Gasteiger partial charge in [0.1, 0.15) is 22.4 Å². The normalized spacial score (nSPS) is 15.6. The number of carbonyl (C=O) groups is 1. The number of pyridine rings is 1. The van der Waals surface area contributed by atoms with Crippen LogP contribution in [-0.2, 0) is 6.42 Å².